The third kappa shape index (κ3) is 4.58. The number of pyridine rings is 1. The molecule has 0 radical (unpaired) electrons. The van der Waals surface area contributed by atoms with Crippen LogP contribution in [-0.4, -0.2) is 47.6 Å². The predicted molar refractivity (Wildman–Crippen MR) is 138 cm³/mol. The molecule has 2 aromatic carbocycles. The van der Waals surface area contributed by atoms with Crippen LogP contribution in [0, 0.1) is 12.7 Å². The highest BCUT2D eigenvalue weighted by atomic mass is 19.1. The summed E-state index contributed by atoms with van der Waals surface area (Å²) in [6, 6.07) is 13.9. The molecule has 0 bridgehead atoms. The number of rotatable bonds is 5. The molecule has 5 aromatic rings. The number of nitrogens with zero attached hydrogens (tertiary/aromatic N) is 4. The molecule has 6 rings (SSSR count). The Morgan fingerprint density at radius 2 is 2.14 bits per heavy atom. The summed E-state index contributed by atoms with van der Waals surface area (Å²) in [6.45, 7) is 2.17. The third-order valence-corrected chi connectivity index (χ3v) is 7.15. The summed E-state index contributed by atoms with van der Waals surface area (Å²) in [5.74, 6) is -0.526. The first kappa shape index (κ1) is 23.3. The smallest absolute Gasteiger partial charge is 0.251 e. The third-order valence-electron chi connectivity index (χ3n) is 7.15. The number of H-pyrrole nitrogens is 1. The van der Waals surface area contributed by atoms with Crippen molar-refractivity contribution >= 4 is 27.7 Å². The van der Waals surface area contributed by atoms with Crippen molar-refractivity contribution < 1.29 is 14.3 Å². The summed E-state index contributed by atoms with van der Waals surface area (Å²) >= 11 is 0. The van der Waals surface area contributed by atoms with Crippen molar-refractivity contribution in [1.29, 1.82) is 0 Å². The van der Waals surface area contributed by atoms with Crippen molar-refractivity contribution in [3.8, 4) is 11.3 Å². The van der Waals surface area contributed by atoms with Crippen LogP contribution in [0.3, 0.4) is 0 Å². The lowest BCUT2D eigenvalue weighted by Gasteiger charge is -2.37. The minimum absolute atomic E-state index is 0.185. The number of hydrogen-bond acceptors (Lipinski definition) is 5. The lowest BCUT2D eigenvalue weighted by Crippen LogP contribution is -2.47. The van der Waals surface area contributed by atoms with Crippen molar-refractivity contribution in [2.45, 2.75) is 50.8 Å². The number of benzene rings is 2. The van der Waals surface area contributed by atoms with Crippen LogP contribution in [0.25, 0.3) is 33.1 Å². The van der Waals surface area contributed by atoms with Gasteiger partial charge < -0.3 is 10.4 Å². The Balaban J connectivity index is 1.19. The Morgan fingerprint density at radius 3 is 2.97 bits per heavy atom. The van der Waals surface area contributed by atoms with Gasteiger partial charge in [-0.05, 0) is 75.1 Å². The van der Waals surface area contributed by atoms with Crippen molar-refractivity contribution in [2.75, 3.05) is 0 Å². The van der Waals surface area contributed by atoms with Gasteiger partial charge in [-0.25, -0.2) is 4.39 Å². The highest BCUT2D eigenvalue weighted by molar-refractivity contribution is 6.01. The maximum absolute atomic E-state index is 14.1. The lowest BCUT2D eigenvalue weighted by molar-refractivity contribution is -0.0235. The Morgan fingerprint density at radius 1 is 1.24 bits per heavy atom. The van der Waals surface area contributed by atoms with E-state index >= 15 is 0 Å². The van der Waals surface area contributed by atoms with Gasteiger partial charge in [0, 0.05) is 40.6 Å². The molecule has 9 heteroatoms. The second-order valence-corrected chi connectivity index (χ2v) is 10.0. The Kier molecular flexibility index (Phi) is 5.72. The average Bonchev–Trinajstić information content (AvgIpc) is 3.48. The van der Waals surface area contributed by atoms with Gasteiger partial charge in [-0.15, -0.1) is 0 Å². The van der Waals surface area contributed by atoms with E-state index in [0.29, 0.717) is 29.3 Å². The van der Waals surface area contributed by atoms with E-state index in [2.05, 4.69) is 25.6 Å². The number of carbonyl (C=O) groups is 1. The van der Waals surface area contributed by atoms with Crippen LogP contribution >= 0.6 is 0 Å². The van der Waals surface area contributed by atoms with Gasteiger partial charge in [0.15, 0.2) is 0 Å². The molecular formula is C28H27FN6O2. The summed E-state index contributed by atoms with van der Waals surface area (Å²) in [4.78, 5) is 17.5. The number of aryl methyl sites for hydroxylation is 1. The van der Waals surface area contributed by atoms with Gasteiger partial charge in [0.1, 0.15) is 11.5 Å². The van der Waals surface area contributed by atoms with E-state index in [-0.39, 0.29) is 24.3 Å². The highest BCUT2D eigenvalue weighted by Crippen LogP contribution is 2.31. The normalized spacial score (nSPS) is 19.9. The SMILES string of the molecule is Cc1cc(-c2n[nH]c3ccc(C(=O)N[C@H]4CCC[C@@](O)(Cn5cc6c(F)cccc6n5)C4)cc23)ccn1. The van der Waals surface area contributed by atoms with Crippen LogP contribution < -0.4 is 5.32 Å². The number of aromatic amines is 1. The topological polar surface area (TPSA) is 109 Å². The van der Waals surface area contributed by atoms with E-state index in [9.17, 15) is 14.3 Å². The second-order valence-electron chi connectivity index (χ2n) is 10.0. The van der Waals surface area contributed by atoms with Crippen LogP contribution in [0.1, 0.15) is 41.7 Å². The van der Waals surface area contributed by atoms with E-state index < -0.39 is 5.60 Å². The number of hydrogen-bond donors (Lipinski definition) is 3. The molecule has 188 valence electrons. The molecule has 1 aliphatic rings. The first-order chi connectivity index (χ1) is 17.9. The van der Waals surface area contributed by atoms with Gasteiger partial charge in [0.25, 0.3) is 5.91 Å². The van der Waals surface area contributed by atoms with Gasteiger partial charge in [0.2, 0.25) is 0 Å². The summed E-state index contributed by atoms with van der Waals surface area (Å²) in [5, 5.41) is 27.7. The number of nitrogens with one attached hydrogen (secondary N) is 2. The molecule has 3 aromatic heterocycles. The number of amides is 1. The van der Waals surface area contributed by atoms with Crippen LogP contribution in [0.4, 0.5) is 4.39 Å². The predicted octanol–water partition coefficient (Wildman–Crippen LogP) is 4.53. The van der Waals surface area contributed by atoms with Gasteiger partial charge in [0.05, 0.1) is 28.6 Å². The fourth-order valence-corrected chi connectivity index (χ4v) is 5.38. The molecule has 3 N–H and O–H groups in total. The van der Waals surface area contributed by atoms with Gasteiger partial charge in [-0.3, -0.25) is 19.6 Å². The van der Waals surface area contributed by atoms with Crippen molar-refractivity contribution in [3.63, 3.8) is 0 Å². The van der Waals surface area contributed by atoms with E-state index in [1.165, 1.54) is 6.07 Å². The summed E-state index contributed by atoms with van der Waals surface area (Å²) < 4.78 is 15.7. The van der Waals surface area contributed by atoms with Crippen LogP contribution in [0.2, 0.25) is 0 Å². The number of halogens is 1. The van der Waals surface area contributed by atoms with E-state index in [1.807, 2.05) is 31.2 Å². The van der Waals surface area contributed by atoms with Crippen LogP contribution in [-0.2, 0) is 6.54 Å². The number of aromatic nitrogens is 5. The molecule has 0 spiro atoms. The molecule has 1 amide bonds. The second kappa shape index (κ2) is 9.08. The maximum atomic E-state index is 14.1. The quantitative estimate of drug-likeness (QED) is 0.330. The molecule has 1 fully saturated rings. The molecule has 8 nitrogen and oxygen atoms in total. The van der Waals surface area contributed by atoms with Gasteiger partial charge in [-0.1, -0.05) is 6.07 Å². The molecule has 37 heavy (non-hydrogen) atoms. The van der Waals surface area contributed by atoms with Gasteiger partial charge >= 0.3 is 0 Å². The summed E-state index contributed by atoms with van der Waals surface area (Å²) in [6.07, 6.45) is 5.91. The maximum Gasteiger partial charge on any atom is 0.251 e. The Hall–Kier alpha value is -4.11. The first-order valence-electron chi connectivity index (χ1n) is 12.4. The molecule has 0 unspecified atom stereocenters. The highest BCUT2D eigenvalue weighted by Gasteiger charge is 2.36. The average molecular weight is 499 g/mol. The zero-order chi connectivity index (χ0) is 25.6. The van der Waals surface area contributed by atoms with Crippen LogP contribution in [0.15, 0.2) is 60.9 Å². The van der Waals surface area contributed by atoms with Gasteiger partial charge in [-0.2, -0.15) is 10.2 Å². The minimum atomic E-state index is -1.05. The number of fused-ring (bicyclic) bond motifs is 2. The fraction of sp³-hybridized carbons (Fsp3) is 0.286. The zero-order valence-corrected chi connectivity index (χ0v) is 20.4. The molecule has 1 saturated carbocycles. The number of carbonyl (C=O) groups excluding carboxylic acids is 1. The molecule has 0 saturated heterocycles. The monoisotopic (exact) mass is 498 g/mol. The lowest BCUT2D eigenvalue weighted by atomic mass is 9.81. The van der Waals surface area contributed by atoms with E-state index in [4.69, 9.17) is 0 Å². The zero-order valence-electron chi connectivity index (χ0n) is 20.4. The molecular weight excluding hydrogens is 471 g/mol. The Labute approximate surface area is 212 Å². The summed E-state index contributed by atoms with van der Waals surface area (Å²) in [5.41, 5.74) is 3.47. The molecule has 2 atom stereocenters. The van der Waals surface area contributed by atoms with E-state index in [1.54, 1.807) is 35.3 Å². The largest absolute Gasteiger partial charge is 0.388 e. The molecule has 3 heterocycles. The number of aliphatic hydroxyl groups is 1. The molecule has 0 aliphatic heterocycles. The summed E-state index contributed by atoms with van der Waals surface area (Å²) in [7, 11) is 0. The first-order valence-corrected chi connectivity index (χ1v) is 12.4. The van der Waals surface area contributed by atoms with E-state index in [0.717, 1.165) is 40.7 Å². The van der Waals surface area contributed by atoms with Crippen molar-refractivity contribution in [3.05, 3.63) is 78.0 Å². The van der Waals surface area contributed by atoms with Crippen molar-refractivity contribution in [2.24, 2.45) is 0 Å². The molecule has 1 aliphatic carbocycles. The Bertz CT molecular complexity index is 1630. The van der Waals surface area contributed by atoms with Crippen molar-refractivity contribution in [1.82, 2.24) is 30.3 Å². The van der Waals surface area contributed by atoms with Crippen LogP contribution in [0.5, 0.6) is 0 Å². The standard InChI is InChI=1S/C28H27FN6O2/c1-17-12-18(9-11-30-17)26-21-13-19(7-8-24(21)32-33-26)27(36)31-20-4-3-10-28(37,14-20)16-35-15-22-23(29)5-2-6-25(22)34-35/h2,5-9,11-13,15,20,37H,3-4,10,14,16H2,1H3,(H,31,36)(H,32,33)/t20-,28-/m0/s1. The minimum Gasteiger partial charge on any atom is -0.388 e. The fourth-order valence-electron chi connectivity index (χ4n) is 5.38.